The molecule has 1 nitrogen and oxygen atoms in total. The van der Waals surface area contributed by atoms with Crippen molar-refractivity contribution < 1.29 is 4.42 Å². The third-order valence-corrected chi connectivity index (χ3v) is 10.4. The minimum absolute atomic E-state index is 0.191. The van der Waals surface area contributed by atoms with E-state index in [1.807, 2.05) is 0 Å². The van der Waals surface area contributed by atoms with Gasteiger partial charge in [0.1, 0.15) is 11.2 Å². The van der Waals surface area contributed by atoms with Crippen LogP contribution in [0.25, 0.3) is 87.6 Å². The Balaban J connectivity index is 1.34. The molecule has 0 amide bonds. The van der Waals surface area contributed by atoms with E-state index in [1.165, 1.54) is 82.2 Å². The molecular formula is C45H30O. The average Bonchev–Trinajstić information content (AvgIpc) is 3.57. The first-order valence-electron chi connectivity index (χ1n) is 16.1. The number of fused-ring (bicyclic) bond motifs is 10. The van der Waals surface area contributed by atoms with E-state index in [9.17, 15) is 0 Å². The molecule has 1 heteroatoms. The molecule has 1 aliphatic rings. The highest BCUT2D eigenvalue weighted by atomic mass is 16.3. The van der Waals surface area contributed by atoms with Crippen LogP contribution in [0.5, 0.6) is 0 Å². The van der Waals surface area contributed by atoms with Crippen molar-refractivity contribution in [3.63, 3.8) is 0 Å². The van der Waals surface area contributed by atoms with Crippen LogP contribution in [0.3, 0.4) is 0 Å². The zero-order valence-corrected chi connectivity index (χ0v) is 25.8. The summed E-state index contributed by atoms with van der Waals surface area (Å²) in [5.74, 6) is 0. The third-order valence-electron chi connectivity index (χ3n) is 10.4. The molecule has 0 bridgehead atoms. The fourth-order valence-corrected chi connectivity index (χ4v) is 8.29. The van der Waals surface area contributed by atoms with Crippen LogP contribution in [0.15, 0.2) is 150 Å². The minimum atomic E-state index is -0.191. The quantitative estimate of drug-likeness (QED) is 0.196. The van der Waals surface area contributed by atoms with Crippen molar-refractivity contribution in [3.05, 3.63) is 157 Å². The van der Waals surface area contributed by atoms with Crippen molar-refractivity contribution in [3.8, 4) is 33.4 Å². The molecule has 1 aliphatic carbocycles. The lowest BCUT2D eigenvalue weighted by atomic mass is 9.78. The molecule has 9 aromatic rings. The number of benzene rings is 8. The largest absolute Gasteiger partial charge is 0.456 e. The molecule has 0 radical (unpaired) electrons. The summed E-state index contributed by atoms with van der Waals surface area (Å²) < 4.78 is 6.53. The molecule has 0 aliphatic heterocycles. The lowest BCUT2D eigenvalue weighted by Gasteiger charge is -2.24. The van der Waals surface area contributed by atoms with Gasteiger partial charge in [-0.3, -0.25) is 0 Å². The summed E-state index contributed by atoms with van der Waals surface area (Å²) in [5, 5.41) is 9.90. The Kier molecular flexibility index (Phi) is 5.12. The number of furan rings is 1. The Morgan fingerprint density at radius 3 is 1.91 bits per heavy atom. The molecule has 10 rings (SSSR count). The molecule has 8 aromatic carbocycles. The highest BCUT2D eigenvalue weighted by Gasteiger charge is 2.39. The monoisotopic (exact) mass is 586 g/mol. The Labute approximate surface area is 267 Å². The predicted molar refractivity (Wildman–Crippen MR) is 195 cm³/mol. The van der Waals surface area contributed by atoms with Gasteiger partial charge in [0.2, 0.25) is 0 Å². The highest BCUT2D eigenvalue weighted by Crippen LogP contribution is 2.56. The molecule has 216 valence electrons. The minimum Gasteiger partial charge on any atom is -0.456 e. The van der Waals surface area contributed by atoms with Crippen LogP contribution in [-0.4, -0.2) is 0 Å². The second kappa shape index (κ2) is 9.19. The first-order chi connectivity index (χ1) is 22.6. The zero-order chi connectivity index (χ0) is 30.6. The van der Waals surface area contributed by atoms with Crippen molar-refractivity contribution in [2.45, 2.75) is 19.3 Å². The Morgan fingerprint density at radius 1 is 0.435 bits per heavy atom. The molecule has 0 atom stereocenters. The summed E-state index contributed by atoms with van der Waals surface area (Å²) in [6, 6.07) is 53.4. The van der Waals surface area contributed by atoms with Crippen LogP contribution in [0, 0.1) is 0 Å². The van der Waals surface area contributed by atoms with Crippen molar-refractivity contribution >= 4 is 54.3 Å². The van der Waals surface area contributed by atoms with E-state index < -0.39 is 0 Å². The molecule has 1 aromatic heterocycles. The van der Waals surface area contributed by atoms with Gasteiger partial charge in [-0.15, -0.1) is 0 Å². The molecule has 0 spiro atoms. The van der Waals surface area contributed by atoms with Gasteiger partial charge in [-0.1, -0.05) is 129 Å². The summed E-state index contributed by atoms with van der Waals surface area (Å²) >= 11 is 0. The van der Waals surface area contributed by atoms with Gasteiger partial charge >= 0.3 is 0 Å². The van der Waals surface area contributed by atoms with E-state index >= 15 is 0 Å². The number of hydrogen-bond donors (Lipinski definition) is 0. The molecular weight excluding hydrogens is 556 g/mol. The van der Waals surface area contributed by atoms with Crippen LogP contribution in [0.4, 0.5) is 0 Å². The molecule has 1 heterocycles. The van der Waals surface area contributed by atoms with Crippen LogP contribution in [0.1, 0.15) is 25.0 Å². The van der Waals surface area contributed by atoms with Gasteiger partial charge in [0.25, 0.3) is 0 Å². The van der Waals surface area contributed by atoms with Gasteiger partial charge in [0, 0.05) is 16.2 Å². The van der Waals surface area contributed by atoms with Gasteiger partial charge in [-0.25, -0.2) is 0 Å². The van der Waals surface area contributed by atoms with Crippen molar-refractivity contribution in [1.29, 1.82) is 0 Å². The van der Waals surface area contributed by atoms with Crippen molar-refractivity contribution in [1.82, 2.24) is 0 Å². The topological polar surface area (TPSA) is 13.1 Å². The predicted octanol–water partition coefficient (Wildman–Crippen LogP) is 12.7. The van der Waals surface area contributed by atoms with E-state index in [1.54, 1.807) is 0 Å². The first-order valence-corrected chi connectivity index (χ1v) is 16.1. The normalized spacial score (nSPS) is 13.6. The van der Waals surface area contributed by atoms with Crippen molar-refractivity contribution in [2.24, 2.45) is 0 Å². The Bertz CT molecular complexity index is 2720. The van der Waals surface area contributed by atoms with Crippen LogP contribution in [0.2, 0.25) is 0 Å². The van der Waals surface area contributed by atoms with E-state index in [0.717, 1.165) is 16.6 Å². The van der Waals surface area contributed by atoms with Gasteiger partial charge in [-0.2, -0.15) is 0 Å². The maximum Gasteiger partial charge on any atom is 0.136 e. The fourth-order valence-electron chi connectivity index (χ4n) is 8.29. The first kappa shape index (κ1) is 25.6. The van der Waals surface area contributed by atoms with Crippen LogP contribution in [-0.2, 0) is 5.41 Å². The van der Waals surface area contributed by atoms with Gasteiger partial charge < -0.3 is 4.42 Å². The maximum absolute atomic E-state index is 6.53. The summed E-state index contributed by atoms with van der Waals surface area (Å²) in [4.78, 5) is 0. The van der Waals surface area contributed by atoms with Crippen molar-refractivity contribution in [2.75, 3.05) is 0 Å². The molecule has 0 saturated carbocycles. The zero-order valence-electron chi connectivity index (χ0n) is 25.8. The lowest BCUT2D eigenvalue weighted by Crippen LogP contribution is -2.15. The van der Waals surface area contributed by atoms with Gasteiger partial charge in [0.05, 0.1) is 0 Å². The second-order valence-corrected chi connectivity index (χ2v) is 13.3. The van der Waals surface area contributed by atoms with Crippen LogP contribution >= 0.6 is 0 Å². The van der Waals surface area contributed by atoms with E-state index in [2.05, 4.69) is 159 Å². The Hall–Kier alpha value is -5.66. The van der Waals surface area contributed by atoms with E-state index in [-0.39, 0.29) is 5.41 Å². The summed E-state index contributed by atoms with van der Waals surface area (Å²) in [6.45, 7) is 4.81. The summed E-state index contributed by atoms with van der Waals surface area (Å²) in [6.07, 6.45) is 0. The fraction of sp³-hybridized carbons (Fsp3) is 0.0667. The average molecular weight is 587 g/mol. The molecule has 0 fully saturated rings. The van der Waals surface area contributed by atoms with Gasteiger partial charge in [-0.05, 0) is 107 Å². The second-order valence-electron chi connectivity index (χ2n) is 13.3. The smallest absolute Gasteiger partial charge is 0.136 e. The third kappa shape index (κ3) is 3.46. The van der Waals surface area contributed by atoms with E-state index in [4.69, 9.17) is 4.42 Å². The maximum atomic E-state index is 6.53. The summed E-state index contributed by atoms with van der Waals surface area (Å²) in [7, 11) is 0. The number of rotatable bonds is 2. The molecule has 46 heavy (non-hydrogen) atoms. The molecule has 0 N–H and O–H groups in total. The van der Waals surface area contributed by atoms with E-state index in [0.29, 0.717) is 0 Å². The molecule has 0 unspecified atom stereocenters. The standard InChI is InChI=1S/C45H30O/c1-45(2)39-25-31(33-18-10-20-40-43(33)38-23-29-13-3-4-14-30(29)26-41(38)46-40)24-37(35-19-9-15-27-11-5-7-16-32(27)35)42(39)36-22-21-28-12-6-8-17-34(28)44(36)45/h3-26H,1-2H3. The van der Waals surface area contributed by atoms with Crippen LogP contribution < -0.4 is 0 Å². The molecule has 0 saturated heterocycles. The lowest BCUT2D eigenvalue weighted by molar-refractivity contribution is 0.666. The highest BCUT2D eigenvalue weighted by molar-refractivity contribution is 6.16. The summed E-state index contributed by atoms with van der Waals surface area (Å²) in [5.41, 5.74) is 12.1. The Morgan fingerprint density at radius 2 is 1.09 bits per heavy atom. The number of hydrogen-bond acceptors (Lipinski definition) is 1. The SMILES string of the molecule is CC1(C)c2cc(-c3cccc4oc5cc6ccccc6cc5c34)cc(-c3cccc4ccccc34)c2-c2ccc3ccccc3c21. The van der Waals surface area contributed by atoms with Gasteiger partial charge in [0.15, 0.2) is 0 Å².